The summed E-state index contributed by atoms with van der Waals surface area (Å²) in [4.78, 5) is 10.3. The monoisotopic (exact) mass is 133 g/mol. The Balaban J connectivity index is 3.54. The van der Waals surface area contributed by atoms with Crippen molar-refractivity contribution in [2.45, 2.75) is 12.5 Å². The molecule has 0 saturated heterocycles. The molecule has 3 N–H and O–H groups in total. The number of carbonyl (C=O) groups is 1. The van der Waals surface area contributed by atoms with Gasteiger partial charge in [0.1, 0.15) is 6.10 Å². The quantitative estimate of drug-likeness (QED) is 0.509. The first-order valence-electron chi connectivity index (χ1n) is 2.65. The summed E-state index contributed by atoms with van der Waals surface area (Å²) in [6.45, 7) is -0.0819. The number of nitrogens with two attached hydrogens (primary N) is 1. The van der Waals surface area contributed by atoms with Crippen molar-refractivity contribution in [3.05, 3.63) is 0 Å². The standard InChI is InChI=1S/C5H11NO3/c1-9-4(2-3-7)5(6)8/h4,7H,2-3H2,1H3,(H2,6,8). The summed E-state index contributed by atoms with van der Waals surface area (Å²) >= 11 is 0. The summed E-state index contributed by atoms with van der Waals surface area (Å²) < 4.78 is 4.62. The van der Waals surface area contributed by atoms with Crippen molar-refractivity contribution < 1.29 is 14.6 Å². The number of carbonyl (C=O) groups excluding carboxylic acids is 1. The van der Waals surface area contributed by atoms with Gasteiger partial charge in [0.05, 0.1) is 0 Å². The second-order valence-corrected chi connectivity index (χ2v) is 1.64. The number of hydrogen-bond donors (Lipinski definition) is 2. The van der Waals surface area contributed by atoms with Gasteiger partial charge in [-0.2, -0.15) is 0 Å². The van der Waals surface area contributed by atoms with Crippen LogP contribution in [0.1, 0.15) is 6.42 Å². The van der Waals surface area contributed by atoms with Crippen molar-refractivity contribution in [2.75, 3.05) is 13.7 Å². The lowest BCUT2D eigenvalue weighted by atomic mass is 10.2. The smallest absolute Gasteiger partial charge is 0.246 e. The molecular formula is C5H11NO3. The molecule has 0 aromatic rings. The Morgan fingerprint density at radius 3 is 2.56 bits per heavy atom. The Kier molecular flexibility index (Phi) is 4.00. The largest absolute Gasteiger partial charge is 0.396 e. The van der Waals surface area contributed by atoms with Crippen LogP contribution in [-0.2, 0) is 9.53 Å². The summed E-state index contributed by atoms with van der Waals surface area (Å²) in [7, 11) is 1.38. The van der Waals surface area contributed by atoms with E-state index < -0.39 is 12.0 Å². The van der Waals surface area contributed by atoms with E-state index in [0.29, 0.717) is 0 Å². The third-order valence-corrected chi connectivity index (χ3v) is 0.993. The lowest BCUT2D eigenvalue weighted by Gasteiger charge is -2.07. The van der Waals surface area contributed by atoms with Crippen LogP contribution in [0, 0.1) is 0 Å². The molecule has 0 aliphatic carbocycles. The molecule has 4 heteroatoms. The zero-order valence-electron chi connectivity index (χ0n) is 5.33. The molecular weight excluding hydrogens is 122 g/mol. The maximum atomic E-state index is 10.3. The van der Waals surface area contributed by atoms with Crippen molar-refractivity contribution in [1.82, 2.24) is 0 Å². The molecule has 0 heterocycles. The number of hydrogen-bond acceptors (Lipinski definition) is 3. The lowest BCUT2D eigenvalue weighted by Crippen LogP contribution is -2.30. The maximum absolute atomic E-state index is 10.3. The number of aliphatic hydroxyl groups is 1. The molecule has 54 valence electrons. The maximum Gasteiger partial charge on any atom is 0.246 e. The van der Waals surface area contributed by atoms with Crippen LogP contribution in [0.4, 0.5) is 0 Å². The first kappa shape index (κ1) is 8.39. The Morgan fingerprint density at radius 2 is 2.44 bits per heavy atom. The highest BCUT2D eigenvalue weighted by atomic mass is 16.5. The van der Waals surface area contributed by atoms with Gasteiger partial charge in [0.2, 0.25) is 5.91 Å². The molecule has 0 bridgehead atoms. The summed E-state index contributed by atoms with van der Waals surface area (Å²) in [6, 6.07) is 0. The molecule has 1 atom stereocenters. The van der Waals surface area contributed by atoms with Crippen LogP contribution in [0.15, 0.2) is 0 Å². The summed E-state index contributed by atoms with van der Waals surface area (Å²) in [5.74, 6) is -0.536. The predicted octanol–water partition coefficient (Wildman–Crippen LogP) is -1.13. The Hall–Kier alpha value is -0.610. The summed E-state index contributed by atoms with van der Waals surface area (Å²) in [5, 5.41) is 8.33. The highest BCUT2D eigenvalue weighted by Gasteiger charge is 2.11. The van der Waals surface area contributed by atoms with Gasteiger partial charge in [-0.1, -0.05) is 0 Å². The first-order chi connectivity index (χ1) is 4.22. The molecule has 9 heavy (non-hydrogen) atoms. The van der Waals surface area contributed by atoms with Gasteiger partial charge in [-0.05, 0) is 0 Å². The van der Waals surface area contributed by atoms with E-state index >= 15 is 0 Å². The van der Waals surface area contributed by atoms with Gasteiger partial charge in [0, 0.05) is 20.1 Å². The zero-order valence-corrected chi connectivity index (χ0v) is 5.33. The highest BCUT2D eigenvalue weighted by molar-refractivity contribution is 5.78. The minimum absolute atomic E-state index is 0.0819. The van der Waals surface area contributed by atoms with Gasteiger partial charge < -0.3 is 15.6 Å². The van der Waals surface area contributed by atoms with Crippen LogP contribution in [0.2, 0.25) is 0 Å². The van der Waals surface area contributed by atoms with Gasteiger partial charge >= 0.3 is 0 Å². The normalized spacial score (nSPS) is 13.1. The van der Waals surface area contributed by atoms with Gasteiger partial charge in [0.15, 0.2) is 0 Å². The van der Waals surface area contributed by atoms with Crippen molar-refractivity contribution >= 4 is 5.91 Å². The first-order valence-corrected chi connectivity index (χ1v) is 2.65. The molecule has 0 aromatic heterocycles. The summed E-state index contributed by atoms with van der Waals surface area (Å²) in [6.07, 6.45) is -0.374. The third-order valence-electron chi connectivity index (χ3n) is 0.993. The molecule has 0 aromatic carbocycles. The molecule has 0 radical (unpaired) electrons. The average molecular weight is 133 g/mol. The molecule has 4 nitrogen and oxygen atoms in total. The fourth-order valence-corrected chi connectivity index (χ4v) is 0.494. The van der Waals surface area contributed by atoms with Gasteiger partial charge in [0.25, 0.3) is 0 Å². The van der Waals surface area contributed by atoms with Gasteiger partial charge in [-0.15, -0.1) is 0 Å². The minimum Gasteiger partial charge on any atom is -0.396 e. The third kappa shape index (κ3) is 3.05. The van der Waals surface area contributed by atoms with E-state index in [4.69, 9.17) is 10.8 Å². The van der Waals surface area contributed by atoms with Crippen LogP contribution in [0.3, 0.4) is 0 Å². The van der Waals surface area contributed by atoms with E-state index in [0.717, 1.165) is 0 Å². The van der Waals surface area contributed by atoms with Gasteiger partial charge in [-0.3, -0.25) is 4.79 Å². The molecule has 0 saturated carbocycles. The molecule has 0 aliphatic rings. The fourth-order valence-electron chi connectivity index (χ4n) is 0.494. The predicted molar refractivity (Wildman–Crippen MR) is 31.7 cm³/mol. The lowest BCUT2D eigenvalue weighted by molar-refractivity contribution is -0.128. The molecule has 0 rings (SSSR count). The molecule has 0 aliphatic heterocycles. The second-order valence-electron chi connectivity index (χ2n) is 1.64. The Labute approximate surface area is 53.6 Å². The second kappa shape index (κ2) is 4.29. The van der Waals surface area contributed by atoms with Crippen LogP contribution < -0.4 is 5.73 Å². The average Bonchev–Trinajstić information content (AvgIpc) is 1.82. The summed E-state index contributed by atoms with van der Waals surface area (Å²) in [5.41, 5.74) is 4.86. The van der Waals surface area contributed by atoms with E-state index in [1.165, 1.54) is 7.11 Å². The van der Waals surface area contributed by atoms with E-state index in [9.17, 15) is 4.79 Å². The van der Waals surface area contributed by atoms with E-state index in [2.05, 4.69) is 4.74 Å². The van der Waals surface area contributed by atoms with Crippen LogP contribution >= 0.6 is 0 Å². The van der Waals surface area contributed by atoms with E-state index in [1.807, 2.05) is 0 Å². The van der Waals surface area contributed by atoms with E-state index in [-0.39, 0.29) is 13.0 Å². The van der Waals surface area contributed by atoms with Crippen LogP contribution in [0.25, 0.3) is 0 Å². The van der Waals surface area contributed by atoms with Crippen molar-refractivity contribution in [1.29, 1.82) is 0 Å². The van der Waals surface area contributed by atoms with Crippen molar-refractivity contribution in [3.63, 3.8) is 0 Å². The van der Waals surface area contributed by atoms with Crippen molar-refractivity contribution in [2.24, 2.45) is 5.73 Å². The number of primary amides is 1. The van der Waals surface area contributed by atoms with Crippen LogP contribution in [0.5, 0.6) is 0 Å². The minimum atomic E-state index is -0.644. The topological polar surface area (TPSA) is 72.6 Å². The highest BCUT2D eigenvalue weighted by Crippen LogP contribution is 1.92. The number of ether oxygens (including phenoxy) is 1. The number of rotatable bonds is 4. The molecule has 0 fully saturated rings. The molecule has 1 amide bonds. The SMILES string of the molecule is COC(CCO)C(N)=O. The van der Waals surface area contributed by atoms with Crippen LogP contribution in [-0.4, -0.2) is 30.8 Å². The Morgan fingerprint density at radius 1 is 1.89 bits per heavy atom. The van der Waals surface area contributed by atoms with Gasteiger partial charge in [-0.25, -0.2) is 0 Å². The van der Waals surface area contributed by atoms with E-state index in [1.54, 1.807) is 0 Å². The molecule has 0 spiro atoms. The Bertz CT molecular complexity index is 94.2. The fraction of sp³-hybridized carbons (Fsp3) is 0.800. The molecule has 1 unspecified atom stereocenters. The number of aliphatic hydroxyl groups excluding tert-OH is 1. The van der Waals surface area contributed by atoms with Crippen molar-refractivity contribution in [3.8, 4) is 0 Å². The number of methoxy groups -OCH3 is 1. The zero-order chi connectivity index (χ0) is 7.28. The number of amides is 1.